The number of morpholine rings is 1. The van der Waals surface area contributed by atoms with E-state index < -0.39 is 0 Å². The summed E-state index contributed by atoms with van der Waals surface area (Å²) in [7, 11) is 0. The number of benzene rings is 1. The third-order valence-corrected chi connectivity index (χ3v) is 5.97. The van der Waals surface area contributed by atoms with Crippen molar-refractivity contribution < 1.29 is 14.3 Å². The molecule has 3 heterocycles. The van der Waals surface area contributed by atoms with Crippen LogP contribution in [0.15, 0.2) is 34.1 Å². The number of ether oxygens (including phenoxy) is 1. The Bertz CT molecular complexity index is 1040. The van der Waals surface area contributed by atoms with Crippen molar-refractivity contribution in [3.8, 4) is 11.3 Å². The Morgan fingerprint density at radius 1 is 1.21 bits per heavy atom. The van der Waals surface area contributed by atoms with Gasteiger partial charge in [-0.3, -0.25) is 29.7 Å². The number of halogens is 1. The average Bonchev–Trinajstić information content (AvgIpc) is 3.26. The van der Waals surface area contributed by atoms with Crippen LogP contribution >= 0.6 is 27.3 Å². The van der Waals surface area contributed by atoms with Gasteiger partial charge in [0.15, 0.2) is 4.96 Å². The molecule has 0 radical (unpaired) electrons. The van der Waals surface area contributed by atoms with E-state index in [4.69, 9.17) is 9.72 Å². The first-order valence-corrected chi connectivity index (χ1v) is 10.8. The van der Waals surface area contributed by atoms with E-state index >= 15 is 0 Å². The summed E-state index contributed by atoms with van der Waals surface area (Å²) in [5.74, 6) is -0.725. The second-order valence-corrected chi connectivity index (χ2v) is 8.43. The van der Waals surface area contributed by atoms with Gasteiger partial charge in [0, 0.05) is 42.0 Å². The molecular weight excluding hydrogens is 458 g/mol. The maximum absolute atomic E-state index is 12.7. The molecular formula is C19H20BrN5O3S. The summed E-state index contributed by atoms with van der Waals surface area (Å²) < 4.78 is 8.29. The maximum Gasteiger partial charge on any atom is 0.287 e. The quantitative estimate of drug-likeness (QED) is 0.563. The average molecular weight is 478 g/mol. The molecule has 1 aliphatic heterocycles. The van der Waals surface area contributed by atoms with E-state index in [1.807, 2.05) is 28.7 Å². The van der Waals surface area contributed by atoms with E-state index in [2.05, 4.69) is 31.7 Å². The molecule has 2 aromatic heterocycles. The number of fused-ring (bicyclic) bond motifs is 1. The smallest absolute Gasteiger partial charge is 0.287 e. The fourth-order valence-electron chi connectivity index (χ4n) is 3.26. The van der Waals surface area contributed by atoms with Gasteiger partial charge in [0.2, 0.25) is 5.91 Å². The number of thiazole rings is 1. The highest BCUT2D eigenvalue weighted by Gasteiger charge is 2.23. The van der Waals surface area contributed by atoms with Gasteiger partial charge in [0.25, 0.3) is 5.91 Å². The fourth-order valence-corrected chi connectivity index (χ4v) is 4.41. The van der Waals surface area contributed by atoms with Crippen LogP contribution in [-0.2, 0) is 16.1 Å². The molecule has 1 saturated heterocycles. The zero-order chi connectivity index (χ0) is 20.4. The number of rotatable bonds is 4. The zero-order valence-electron chi connectivity index (χ0n) is 15.8. The molecule has 4 rings (SSSR count). The molecule has 8 nitrogen and oxygen atoms in total. The summed E-state index contributed by atoms with van der Waals surface area (Å²) in [5.41, 5.74) is 7.97. The molecule has 10 heteroatoms. The molecule has 2 amide bonds. The van der Waals surface area contributed by atoms with Gasteiger partial charge in [-0.05, 0) is 12.1 Å². The predicted molar refractivity (Wildman–Crippen MR) is 114 cm³/mol. The normalized spacial score (nSPS) is 14.8. The highest BCUT2D eigenvalue weighted by molar-refractivity contribution is 9.10. The van der Waals surface area contributed by atoms with E-state index in [-0.39, 0.29) is 11.8 Å². The van der Waals surface area contributed by atoms with Crippen molar-refractivity contribution in [3.63, 3.8) is 0 Å². The Balaban J connectivity index is 1.78. The lowest BCUT2D eigenvalue weighted by Gasteiger charge is -2.26. The number of amides is 2. The van der Waals surface area contributed by atoms with Gasteiger partial charge >= 0.3 is 0 Å². The van der Waals surface area contributed by atoms with Gasteiger partial charge < -0.3 is 4.74 Å². The molecule has 3 aromatic rings. The Morgan fingerprint density at radius 2 is 1.93 bits per heavy atom. The van der Waals surface area contributed by atoms with E-state index in [9.17, 15) is 9.59 Å². The van der Waals surface area contributed by atoms with Gasteiger partial charge in [0.1, 0.15) is 5.69 Å². The standard InChI is InChI=1S/C19H20BrN5O3S/c1-12(26)22-23-18(27)16-11-29-19-21-15(10-24-6-8-28-9-7-24)17(25(16)19)13-2-4-14(20)5-3-13/h2-5,11H,6-10H2,1H3,(H,22,26)(H,23,27). The predicted octanol–water partition coefficient (Wildman–Crippen LogP) is 2.44. The number of nitrogens with zero attached hydrogens (tertiary/aromatic N) is 3. The molecule has 0 spiro atoms. The van der Waals surface area contributed by atoms with Crippen LogP contribution in [0.3, 0.4) is 0 Å². The van der Waals surface area contributed by atoms with Crippen molar-refractivity contribution in [3.05, 3.63) is 45.5 Å². The van der Waals surface area contributed by atoms with Crippen molar-refractivity contribution in [1.29, 1.82) is 0 Å². The van der Waals surface area contributed by atoms with E-state index in [0.717, 1.165) is 39.5 Å². The molecule has 1 fully saturated rings. The van der Waals surface area contributed by atoms with Crippen LogP contribution in [-0.4, -0.2) is 52.4 Å². The highest BCUT2D eigenvalue weighted by atomic mass is 79.9. The topological polar surface area (TPSA) is 88.0 Å². The van der Waals surface area contributed by atoms with Gasteiger partial charge in [-0.1, -0.05) is 28.1 Å². The molecule has 0 saturated carbocycles. The Hall–Kier alpha value is -2.27. The van der Waals surface area contributed by atoms with Crippen molar-refractivity contribution in [2.75, 3.05) is 26.3 Å². The summed E-state index contributed by atoms with van der Waals surface area (Å²) in [6.45, 7) is 5.13. The van der Waals surface area contributed by atoms with Crippen LogP contribution in [0.1, 0.15) is 23.1 Å². The van der Waals surface area contributed by atoms with Crippen LogP contribution in [0.2, 0.25) is 0 Å². The summed E-state index contributed by atoms with van der Waals surface area (Å²) in [6.07, 6.45) is 0. The molecule has 0 bridgehead atoms. The van der Waals surface area contributed by atoms with Crippen molar-refractivity contribution in [2.24, 2.45) is 0 Å². The van der Waals surface area contributed by atoms with Crippen LogP contribution in [0.5, 0.6) is 0 Å². The lowest BCUT2D eigenvalue weighted by Crippen LogP contribution is -2.40. The first-order valence-electron chi connectivity index (χ1n) is 9.14. The molecule has 29 heavy (non-hydrogen) atoms. The lowest BCUT2D eigenvalue weighted by atomic mass is 10.1. The number of hydrogen-bond donors (Lipinski definition) is 2. The molecule has 1 aliphatic rings. The Morgan fingerprint density at radius 3 is 2.62 bits per heavy atom. The van der Waals surface area contributed by atoms with Crippen LogP contribution < -0.4 is 10.9 Å². The zero-order valence-corrected chi connectivity index (χ0v) is 18.2. The molecule has 0 atom stereocenters. The molecule has 2 N–H and O–H groups in total. The fraction of sp³-hybridized carbons (Fsp3) is 0.316. The van der Waals surface area contributed by atoms with Gasteiger partial charge in [-0.2, -0.15) is 0 Å². The first-order chi connectivity index (χ1) is 14.0. The minimum atomic E-state index is -0.389. The third-order valence-electron chi connectivity index (χ3n) is 4.62. The van der Waals surface area contributed by atoms with Gasteiger partial charge in [-0.25, -0.2) is 4.98 Å². The number of aromatic nitrogens is 2. The number of hydrogen-bond acceptors (Lipinski definition) is 6. The van der Waals surface area contributed by atoms with E-state index in [1.54, 1.807) is 5.38 Å². The second-order valence-electron chi connectivity index (χ2n) is 6.68. The monoisotopic (exact) mass is 477 g/mol. The largest absolute Gasteiger partial charge is 0.379 e. The molecule has 1 aromatic carbocycles. The van der Waals surface area contributed by atoms with Gasteiger partial charge in [0.05, 0.1) is 24.6 Å². The molecule has 152 valence electrons. The molecule has 0 unspecified atom stereocenters. The SMILES string of the molecule is CC(=O)NNC(=O)c1csc2nc(CN3CCOCC3)c(-c3ccc(Br)cc3)n12. The number of hydrazine groups is 1. The number of carbonyl (C=O) groups is 2. The maximum atomic E-state index is 12.7. The Labute approximate surface area is 180 Å². The van der Waals surface area contributed by atoms with Crippen LogP contribution in [0.4, 0.5) is 0 Å². The number of imidazole rings is 1. The summed E-state index contributed by atoms with van der Waals surface area (Å²) >= 11 is 4.87. The lowest BCUT2D eigenvalue weighted by molar-refractivity contribution is -0.119. The van der Waals surface area contributed by atoms with E-state index in [1.165, 1.54) is 18.3 Å². The van der Waals surface area contributed by atoms with Crippen LogP contribution in [0.25, 0.3) is 16.2 Å². The van der Waals surface area contributed by atoms with Crippen molar-refractivity contribution in [2.45, 2.75) is 13.5 Å². The molecule has 0 aliphatic carbocycles. The number of carbonyl (C=O) groups excluding carboxylic acids is 2. The highest BCUT2D eigenvalue weighted by Crippen LogP contribution is 2.31. The van der Waals surface area contributed by atoms with Crippen LogP contribution in [0, 0.1) is 0 Å². The third kappa shape index (κ3) is 4.35. The van der Waals surface area contributed by atoms with Gasteiger partial charge in [-0.15, -0.1) is 11.3 Å². The minimum absolute atomic E-state index is 0.336. The summed E-state index contributed by atoms with van der Waals surface area (Å²) in [6, 6.07) is 7.94. The van der Waals surface area contributed by atoms with E-state index in [0.29, 0.717) is 25.5 Å². The van der Waals surface area contributed by atoms with Crippen molar-refractivity contribution in [1.82, 2.24) is 25.1 Å². The summed E-state index contributed by atoms with van der Waals surface area (Å²) in [5, 5.41) is 1.75. The minimum Gasteiger partial charge on any atom is -0.379 e. The van der Waals surface area contributed by atoms with Crippen molar-refractivity contribution >= 4 is 44.0 Å². The first kappa shape index (κ1) is 20.0. The summed E-state index contributed by atoms with van der Waals surface area (Å²) in [4.78, 5) is 31.7. The second kappa shape index (κ2) is 8.62. The Kier molecular flexibility index (Phi) is 5.95. The number of nitrogens with one attached hydrogen (secondary N) is 2.